The molecule has 0 aromatic rings. The highest BCUT2D eigenvalue weighted by atomic mass is 16.1. The normalized spacial score (nSPS) is 13.7. The van der Waals surface area contributed by atoms with Gasteiger partial charge in [0.1, 0.15) is 6.29 Å². The van der Waals surface area contributed by atoms with E-state index in [-0.39, 0.29) is 11.8 Å². The average molecular weight is 214 g/mol. The zero-order valence-corrected chi connectivity index (χ0v) is 9.28. The van der Waals surface area contributed by atoms with Gasteiger partial charge in [-0.25, -0.2) is 0 Å². The SMILES string of the molecule is C/C=C/CC(=O)[C@@H](N)CCCNC(N)N. The van der Waals surface area contributed by atoms with E-state index in [1.165, 1.54) is 0 Å². The third-order valence-electron chi connectivity index (χ3n) is 2.04. The zero-order chi connectivity index (χ0) is 11.7. The number of hydrogen-bond acceptors (Lipinski definition) is 5. The number of nitrogens with one attached hydrogen (secondary N) is 1. The lowest BCUT2D eigenvalue weighted by molar-refractivity contribution is -0.119. The van der Waals surface area contributed by atoms with Crippen LogP contribution in [-0.4, -0.2) is 24.7 Å². The van der Waals surface area contributed by atoms with Gasteiger partial charge < -0.3 is 17.2 Å². The molecular weight excluding hydrogens is 192 g/mol. The molecule has 15 heavy (non-hydrogen) atoms. The standard InChI is InChI=1S/C10H22N4O/c1-2-3-6-9(15)8(11)5-4-7-14-10(12)13/h2-3,8,10,14H,4-7,11-13H2,1H3/b3-2+/t8-/m0/s1. The Balaban J connectivity index is 3.55. The topological polar surface area (TPSA) is 107 Å². The van der Waals surface area contributed by atoms with E-state index in [0.717, 1.165) is 6.42 Å². The van der Waals surface area contributed by atoms with E-state index in [1.807, 2.05) is 19.1 Å². The van der Waals surface area contributed by atoms with Crippen molar-refractivity contribution in [2.75, 3.05) is 6.54 Å². The maximum absolute atomic E-state index is 11.4. The lowest BCUT2D eigenvalue weighted by Crippen LogP contribution is -2.45. The number of ketones is 1. The monoisotopic (exact) mass is 214 g/mol. The van der Waals surface area contributed by atoms with Crippen molar-refractivity contribution in [3.63, 3.8) is 0 Å². The summed E-state index contributed by atoms with van der Waals surface area (Å²) in [5.74, 6) is 0.0742. The highest BCUT2D eigenvalue weighted by Gasteiger charge is 2.10. The van der Waals surface area contributed by atoms with Gasteiger partial charge in [-0.1, -0.05) is 12.2 Å². The molecule has 1 atom stereocenters. The van der Waals surface area contributed by atoms with Gasteiger partial charge in [-0.3, -0.25) is 10.1 Å². The molecule has 0 bridgehead atoms. The Bertz CT molecular complexity index is 204. The van der Waals surface area contributed by atoms with E-state index >= 15 is 0 Å². The van der Waals surface area contributed by atoms with Gasteiger partial charge in [-0.2, -0.15) is 0 Å². The Labute approximate surface area is 91.1 Å². The van der Waals surface area contributed by atoms with Crippen LogP contribution in [0, 0.1) is 0 Å². The minimum atomic E-state index is -0.500. The number of carbonyl (C=O) groups is 1. The number of rotatable bonds is 8. The molecule has 0 rings (SSSR count). The first-order chi connectivity index (χ1) is 7.07. The Morgan fingerprint density at radius 1 is 1.40 bits per heavy atom. The van der Waals surface area contributed by atoms with Crippen LogP contribution in [0.5, 0.6) is 0 Å². The summed E-state index contributed by atoms with van der Waals surface area (Å²) in [6, 6.07) is -0.378. The van der Waals surface area contributed by atoms with E-state index in [9.17, 15) is 4.79 Å². The predicted octanol–water partition coefficient (Wildman–Crippen LogP) is -0.580. The van der Waals surface area contributed by atoms with Gasteiger partial charge in [0.25, 0.3) is 0 Å². The van der Waals surface area contributed by atoms with Gasteiger partial charge in [0.05, 0.1) is 6.04 Å². The molecule has 0 heterocycles. The number of nitrogens with two attached hydrogens (primary N) is 3. The third kappa shape index (κ3) is 8.26. The van der Waals surface area contributed by atoms with Gasteiger partial charge in [0.15, 0.2) is 5.78 Å². The Morgan fingerprint density at radius 3 is 2.60 bits per heavy atom. The molecule has 0 aliphatic rings. The Morgan fingerprint density at radius 2 is 2.07 bits per heavy atom. The fourth-order valence-electron chi connectivity index (χ4n) is 1.14. The molecule has 0 fully saturated rings. The first-order valence-corrected chi connectivity index (χ1v) is 5.22. The highest BCUT2D eigenvalue weighted by molar-refractivity contribution is 5.84. The summed E-state index contributed by atoms with van der Waals surface area (Å²) in [4.78, 5) is 11.4. The molecule has 0 saturated heterocycles. The summed E-state index contributed by atoms with van der Waals surface area (Å²) in [7, 11) is 0. The Hall–Kier alpha value is -0.750. The second-order valence-corrected chi connectivity index (χ2v) is 3.47. The zero-order valence-electron chi connectivity index (χ0n) is 9.28. The van der Waals surface area contributed by atoms with Crippen molar-refractivity contribution in [1.82, 2.24) is 5.32 Å². The number of Topliss-reactive ketones (excluding diaryl/α,β-unsaturated/α-hetero) is 1. The number of allylic oxidation sites excluding steroid dienone is 2. The summed E-state index contributed by atoms with van der Waals surface area (Å²) in [6.45, 7) is 2.56. The van der Waals surface area contributed by atoms with Crippen LogP contribution in [-0.2, 0) is 4.79 Å². The minimum Gasteiger partial charge on any atom is -0.321 e. The molecule has 7 N–H and O–H groups in total. The summed E-state index contributed by atoms with van der Waals surface area (Å²) in [6.07, 6.45) is 5.04. The fourth-order valence-corrected chi connectivity index (χ4v) is 1.14. The molecule has 0 saturated carbocycles. The van der Waals surface area contributed by atoms with Gasteiger partial charge in [-0.05, 0) is 26.3 Å². The van der Waals surface area contributed by atoms with E-state index in [1.54, 1.807) is 0 Å². The fraction of sp³-hybridized carbons (Fsp3) is 0.700. The summed E-state index contributed by atoms with van der Waals surface area (Å²) >= 11 is 0. The first kappa shape index (κ1) is 14.2. The van der Waals surface area contributed by atoms with E-state index in [4.69, 9.17) is 17.2 Å². The maximum atomic E-state index is 11.4. The lowest BCUT2D eigenvalue weighted by atomic mass is 10.1. The van der Waals surface area contributed by atoms with Crippen LogP contribution in [0.2, 0.25) is 0 Å². The van der Waals surface area contributed by atoms with Crippen molar-refractivity contribution in [2.45, 2.75) is 38.5 Å². The van der Waals surface area contributed by atoms with Gasteiger partial charge in [-0.15, -0.1) is 0 Å². The summed E-state index contributed by atoms with van der Waals surface area (Å²) in [5, 5.41) is 2.86. The molecule has 0 spiro atoms. The van der Waals surface area contributed by atoms with Gasteiger partial charge in [0.2, 0.25) is 0 Å². The highest BCUT2D eigenvalue weighted by Crippen LogP contribution is 1.98. The average Bonchev–Trinajstić information content (AvgIpc) is 2.20. The van der Waals surface area contributed by atoms with E-state index < -0.39 is 6.29 Å². The van der Waals surface area contributed by atoms with Crippen molar-refractivity contribution >= 4 is 5.78 Å². The molecular formula is C10H22N4O. The van der Waals surface area contributed by atoms with Crippen LogP contribution in [0.4, 0.5) is 0 Å². The smallest absolute Gasteiger partial charge is 0.153 e. The van der Waals surface area contributed by atoms with Crippen molar-refractivity contribution < 1.29 is 4.79 Å². The molecule has 0 aromatic carbocycles. The molecule has 0 amide bonds. The van der Waals surface area contributed by atoms with Crippen LogP contribution in [0.3, 0.4) is 0 Å². The number of hydrogen-bond donors (Lipinski definition) is 4. The number of carbonyl (C=O) groups excluding carboxylic acids is 1. The minimum absolute atomic E-state index is 0.0742. The largest absolute Gasteiger partial charge is 0.321 e. The van der Waals surface area contributed by atoms with E-state index in [0.29, 0.717) is 19.4 Å². The summed E-state index contributed by atoms with van der Waals surface area (Å²) < 4.78 is 0. The van der Waals surface area contributed by atoms with Gasteiger partial charge >= 0.3 is 0 Å². The molecule has 5 heteroatoms. The second kappa shape index (κ2) is 8.55. The van der Waals surface area contributed by atoms with Crippen molar-refractivity contribution in [2.24, 2.45) is 17.2 Å². The molecule has 0 unspecified atom stereocenters. The van der Waals surface area contributed by atoms with Crippen LogP contribution >= 0.6 is 0 Å². The quantitative estimate of drug-likeness (QED) is 0.246. The molecule has 0 aliphatic heterocycles. The van der Waals surface area contributed by atoms with Crippen molar-refractivity contribution in [3.05, 3.63) is 12.2 Å². The predicted molar refractivity (Wildman–Crippen MR) is 61.8 cm³/mol. The van der Waals surface area contributed by atoms with Gasteiger partial charge in [0, 0.05) is 6.42 Å². The van der Waals surface area contributed by atoms with Crippen molar-refractivity contribution in [3.8, 4) is 0 Å². The molecule has 5 nitrogen and oxygen atoms in total. The van der Waals surface area contributed by atoms with E-state index in [2.05, 4.69) is 5.32 Å². The third-order valence-corrected chi connectivity index (χ3v) is 2.04. The Kier molecular flexibility index (Phi) is 8.12. The molecule has 88 valence electrons. The molecule has 0 aliphatic carbocycles. The first-order valence-electron chi connectivity index (χ1n) is 5.22. The molecule has 0 aromatic heterocycles. The second-order valence-electron chi connectivity index (χ2n) is 3.47. The summed E-state index contributed by atoms with van der Waals surface area (Å²) in [5.41, 5.74) is 16.3. The maximum Gasteiger partial charge on any atom is 0.153 e. The van der Waals surface area contributed by atoms with Crippen molar-refractivity contribution in [1.29, 1.82) is 0 Å². The van der Waals surface area contributed by atoms with Crippen LogP contribution in [0.25, 0.3) is 0 Å². The molecule has 0 radical (unpaired) electrons. The van der Waals surface area contributed by atoms with Crippen LogP contribution in [0.15, 0.2) is 12.2 Å². The lowest BCUT2D eigenvalue weighted by Gasteiger charge is -2.11. The van der Waals surface area contributed by atoms with Crippen LogP contribution < -0.4 is 22.5 Å². The van der Waals surface area contributed by atoms with Crippen LogP contribution in [0.1, 0.15) is 26.2 Å².